The van der Waals surface area contributed by atoms with Crippen molar-refractivity contribution in [2.24, 2.45) is 0 Å². The van der Waals surface area contributed by atoms with E-state index in [1.807, 2.05) is 24.3 Å². The Labute approximate surface area is 179 Å². The van der Waals surface area contributed by atoms with Crippen molar-refractivity contribution in [2.45, 2.75) is 16.7 Å². The van der Waals surface area contributed by atoms with Crippen LogP contribution in [0, 0.1) is 0 Å². The predicted molar refractivity (Wildman–Crippen MR) is 105 cm³/mol. The van der Waals surface area contributed by atoms with Gasteiger partial charge >= 0.3 is 112 Å². The van der Waals surface area contributed by atoms with Crippen LogP contribution < -0.4 is 16.4 Å². The molecule has 146 valence electrons. The second-order valence-electron chi connectivity index (χ2n) is 5.93. The van der Waals surface area contributed by atoms with Crippen molar-refractivity contribution in [3.8, 4) is 5.75 Å². The van der Waals surface area contributed by atoms with Crippen molar-refractivity contribution in [2.75, 3.05) is 0 Å². The van der Waals surface area contributed by atoms with Crippen molar-refractivity contribution in [3.05, 3.63) is 78.4 Å². The summed E-state index contributed by atoms with van der Waals surface area (Å²) in [4.78, 5) is 22.1. The van der Waals surface area contributed by atoms with Crippen molar-refractivity contribution < 1.29 is 27.9 Å². The van der Waals surface area contributed by atoms with Gasteiger partial charge in [0.25, 0.3) is 0 Å². The number of hydrogen-bond donors (Lipinski definition) is 0. The average molecular weight is 604 g/mol. The molecular weight excluding hydrogens is 589 g/mol. The van der Waals surface area contributed by atoms with Crippen LogP contribution in [0.25, 0.3) is 0 Å². The molecule has 0 saturated carbocycles. The molecule has 29 heavy (non-hydrogen) atoms. The van der Waals surface area contributed by atoms with Crippen LogP contribution in [-0.4, -0.2) is 43.6 Å². The molecule has 6 nitrogen and oxygen atoms in total. The van der Waals surface area contributed by atoms with E-state index in [0.717, 1.165) is 6.54 Å². The van der Waals surface area contributed by atoms with Crippen LogP contribution in [0.15, 0.2) is 82.6 Å². The van der Waals surface area contributed by atoms with Crippen LogP contribution in [0.1, 0.15) is 17.3 Å². The van der Waals surface area contributed by atoms with Gasteiger partial charge in [0.15, 0.2) is 0 Å². The third kappa shape index (κ3) is 4.71. The molecule has 0 saturated heterocycles. The van der Waals surface area contributed by atoms with E-state index >= 15 is 0 Å². The van der Waals surface area contributed by atoms with Gasteiger partial charge in [0.05, 0.1) is 5.97 Å². The zero-order chi connectivity index (χ0) is 21.0. The minimum absolute atomic E-state index is 0.00926. The van der Waals surface area contributed by atoms with E-state index in [2.05, 4.69) is 4.74 Å². The van der Waals surface area contributed by atoms with E-state index in [0.29, 0.717) is 9.79 Å². The Morgan fingerprint density at radius 3 is 1.83 bits per heavy atom. The van der Waals surface area contributed by atoms with Crippen LogP contribution in [0.2, 0.25) is 0 Å². The van der Waals surface area contributed by atoms with Gasteiger partial charge in [-0.25, -0.2) is 0 Å². The quantitative estimate of drug-likeness (QED) is 0.188. The summed E-state index contributed by atoms with van der Waals surface area (Å²) in [5.74, 6) is -1.92. The van der Waals surface area contributed by atoms with Crippen molar-refractivity contribution in [3.63, 3.8) is 0 Å². The summed E-state index contributed by atoms with van der Waals surface area (Å²) < 4.78 is 31.4. The molecular formula is C21H15BiO6S. The number of carbonyl (C=O) groups excluding carboxylic acids is 2. The van der Waals surface area contributed by atoms with E-state index < -0.39 is 45.0 Å². The topological polar surface area (TPSA) is 101 Å². The number of ether oxygens (including phenoxy) is 1. The number of aromatic carboxylic acids is 1. The fourth-order valence-electron chi connectivity index (χ4n) is 2.68. The molecule has 4 rings (SSSR count). The number of benzene rings is 3. The monoisotopic (exact) mass is 604 g/mol. The molecule has 1 aliphatic rings. The Kier molecular flexibility index (Phi) is 6.45. The summed E-state index contributed by atoms with van der Waals surface area (Å²) in [5.41, 5.74) is -0.127. The predicted octanol–water partition coefficient (Wildman–Crippen LogP) is 0.463. The van der Waals surface area contributed by atoms with E-state index in [-0.39, 0.29) is 11.3 Å². The summed E-state index contributed by atoms with van der Waals surface area (Å²) in [5, 5.41) is 10.5. The molecule has 1 heterocycles. The zero-order valence-electron chi connectivity index (χ0n) is 15.2. The average Bonchev–Trinajstić information content (AvgIpc) is 2.68. The first-order chi connectivity index (χ1) is 13.8. The molecule has 0 spiro atoms. The molecule has 8 heteroatoms. The molecule has 0 amide bonds. The summed E-state index contributed by atoms with van der Waals surface area (Å²) in [6.07, 6.45) is 0. The van der Waals surface area contributed by atoms with E-state index in [9.17, 15) is 23.1 Å². The second kappa shape index (κ2) is 8.84. The van der Waals surface area contributed by atoms with Crippen LogP contribution in [0.5, 0.6) is 5.75 Å². The molecule has 0 fully saturated rings. The molecule has 0 unspecified atom stereocenters. The summed E-state index contributed by atoms with van der Waals surface area (Å²) >= 11 is -1.05. The van der Waals surface area contributed by atoms with Gasteiger partial charge in [0, 0.05) is 12.5 Å². The SMILES string of the molecule is CC(=O)Oc1ccccc1C(=O)[O-].O=S1(=O)c2cccc[c]2[Bi+][c]2ccccc21. The third-order valence-electron chi connectivity index (χ3n) is 3.91. The third-order valence-corrected chi connectivity index (χ3v) is 11.9. The number of sulfone groups is 1. The van der Waals surface area contributed by atoms with Crippen LogP contribution in [-0.2, 0) is 14.6 Å². The van der Waals surface area contributed by atoms with Crippen molar-refractivity contribution >= 4 is 51.6 Å². The van der Waals surface area contributed by atoms with Crippen LogP contribution in [0.4, 0.5) is 0 Å². The first-order valence-electron chi connectivity index (χ1n) is 8.44. The van der Waals surface area contributed by atoms with Gasteiger partial charge in [0.2, 0.25) is 0 Å². The molecule has 0 N–H and O–H groups in total. The van der Waals surface area contributed by atoms with Crippen molar-refractivity contribution in [1.29, 1.82) is 0 Å². The van der Waals surface area contributed by atoms with Gasteiger partial charge in [0.1, 0.15) is 5.75 Å². The van der Waals surface area contributed by atoms with Crippen molar-refractivity contribution in [1.82, 2.24) is 0 Å². The first kappa shape index (κ1) is 21.1. The number of esters is 1. The zero-order valence-corrected chi connectivity index (χ0v) is 19.5. The van der Waals surface area contributed by atoms with Crippen LogP contribution in [0.3, 0.4) is 0 Å². The normalized spacial score (nSPS) is 13.1. The van der Waals surface area contributed by atoms with E-state index in [4.69, 9.17) is 0 Å². The standard InChI is InChI=1S/C12H8O2S.C9H8O4.Bi/c13-15(14,11-7-3-1-4-8-11)12-9-5-2-6-10-12;1-6(10)13-8-5-3-2-4-7(8)9(11)12;/h1-7,9H;2-5H,1H3,(H,11,12);/q;;+1/p-1. The van der Waals surface area contributed by atoms with Gasteiger partial charge in [-0.3, -0.25) is 4.79 Å². The Hall–Kier alpha value is -2.57. The minimum atomic E-state index is -3.26. The molecule has 3 aromatic carbocycles. The Balaban J connectivity index is 0.000000170. The molecule has 2 radical (unpaired) electrons. The number of fused-ring (bicyclic) bond motifs is 2. The molecule has 1 aliphatic heterocycles. The molecule has 3 aromatic rings. The van der Waals surface area contributed by atoms with E-state index in [1.165, 1.54) is 25.1 Å². The van der Waals surface area contributed by atoms with Crippen LogP contribution >= 0.6 is 0 Å². The molecule has 0 atom stereocenters. The number of rotatable bonds is 2. The molecule has 0 aromatic heterocycles. The molecule has 0 aliphatic carbocycles. The van der Waals surface area contributed by atoms with Gasteiger partial charge in [-0.05, 0) is 12.1 Å². The van der Waals surface area contributed by atoms with Gasteiger partial charge in [-0.1, -0.05) is 12.1 Å². The Morgan fingerprint density at radius 2 is 1.31 bits per heavy atom. The van der Waals surface area contributed by atoms with E-state index in [1.54, 1.807) is 30.3 Å². The Bertz CT molecular complexity index is 1140. The van der Waals surface area contributed by atoms with Gasteiger partial charge < -0.3 is 14.6 Å². The first-order valence-corrected chi connectivity index (χ1v) is 13.4. The number of carboxylic acids is 1. The summed E-state index contributed by atoms with van der Waals surface area (Å²) in [6, 6.07) is 20.6. The number of hydrogen-bond acceptors (Lipinski definition) is 6. The number of carboxylic acid groups (broad SMARTS) is 1. The second-order valence-corrected chi connectivity index (χ2v) is 12.4. The maximum absolute atomic E-state index is 12.3. The fraction of sp³-hybridized carbons (Fsp3) is 0.0476. The van der Waals surface area contributed by atoms with Gasteiger partial charge in [-0.2, -0.15) is 0 Å². The number of para-hydroxylation sites is 1. The summed E-state index contributed by atoms with van der Waals surface area (Å²) in [6.45, 7) is 1.20. The number of carbonyl (C=O) groups is 2. The summed E-state index contributed by atoms with van der Waals surface area (Å²) in [7, 11) is -3.26. The maximum atomic E-state index is 12.3. The fourth-order valence-corrected chi connectivity index (χ4v) is 11.4. The Morgan fingerprint density at radius 1 is 0.828 bits per heavy atom. The molecule has 0 bridgehead atoms. The van der Waals surface area contributed by atoms with Gasteiger partial charge in [-0.15, -0.1) is 0 Å².